The maximum atomic E-state index is 6.05. The molecule has 8 heteroatoms. The molecule has 1 aliphatic rings. The number of nitrogens with one attached hydrogen (secondary N) is 1. The standard InChI is InChI=1S/C23H16ClN5O2/c24-16-8-6-15(7-9-16)21-23-26-22(17-3-1-2-4-18(17)29(23)28-27-21)25-12-14-5-10-19-20(11-14)31-13-30-19/h1-11H,12-13H2,(H,25,26). The summed E-state index contributed by atoms with van der Waals surface area (Å²) in [5, 5.41) is 13.9. The molecule has 152 valence electrons. The first-order valence-electron chi connectivity index (χ1n) is 9.79. The van der Waals surface area contributed by atoms with E-state index in [4.69, 9.17) is 26.1 Å². The number of nitrogens with zero attached hydrogens (tertiary/aromatic N) is 4. The molecule has 6 rings (SSSR count). The maximum Gasteiger partial charge on any atom is 0.231 e. The van der Waals surface area contributed by atoms with Gasteiger partial charge in [-0.2, -0.15) is 4.52 Å². The lowest BCUT2D eigenvalue weighted by Gasteiger charge is -2.11. The van der Waals surface area contributed by atoms with Crippen LogP contribution in [-0.2, 0) is 6.54 Å². The average molecular weight is 430 g/mol. The number of anilines is 1. The fraction of sp³-hybridized carbons (Fsp3) is 0.0870. The zero-order valence-corrected chi connectivity index (χ0v) is 17.0. The van der Waals surface area contributed by atoms with Crippen LogP contribution in [-0.4, -0.2) is 26.6 Å². The fourth-order valence-corrected chi connectivity index (χ4v) is 3.86. The first-order chi connectivity index (χ1) is 15.3. The molecule has 1 N–H and O–H groups in total. The highest BCUT2D eigenvalue weighted by Crippen LogP contribution is 2.33. The van der Waals surface area contributed by atoms with Gasteiger partial charge in [-0.1, -0.05) is 47.1 Å². The number of aromatic nitrogens is 4. The predicted molar refractivity (Wildman–Crippen MR) is 119 cm³/mol. The quantitative estimate of drug-likeness (QED) is 0.436. The number of rotatable bonds is 4. The van der Waals surface area contributed by atoms with Crippen LogP contribution in [0.25, 0.3) is 27.8 Å². The Labute approximate surface area is 182 Å². The normalized spacial score (nSPS) is 12.5. The van der Waals surface area contributed by atoms with Crippen molar-refractivity contribution in [2.45, 2.75) is 6.54 Å². The minimum Gasteiger partial charge on any atom is -0.454 e. The van der Waals surface area contributed by atoms with Crippen LogP contribution in [0.5, 0.6) is 11.5 Å². The van der Waals surface area contributed by atoms with Crippen molar-refractivity contribution >= 4 is 34.0 Å². The minimum absolute atomic E-state index is 0.261. The Morgan fingerprint density at radius 2 is 1.81 bits per heavy atom. The van der Waals surface area contributed by atoms with E-state index >= 15 is 0 Å². The summed E-state index contributed by atoms with van der Waals surface area (Å²) < 4.78 is 12.7. The van der Waals surface area contributed by atoms with Gasteiger partial charge in [0.25, 0.3) is 0 Å². The Kier molecular flexibility index (Phi) is 4.14. The molecule has 0 amide bonds. The summed E-state index contributed by atoms with van der Waals surface area (Å²) in [4.78, 5) is 4.89. The van der Waals surface area contributed by atoms with E-state index in [2.05, 4.69) is 15.6 Å². The largest absolute Gasteiger partial charge is 0.454 e. The van der Waals surface area contributed by atoms with Crippen LogP contribution < -0.4 is 14.8 Å². The third-order valence-corrected chi connectivity index (χ3v) is 5.52. The van der Waals surface area contributed by atoms with Crippen LogP contribution in [0.15, 0.2) is 66.7 Å². The van der Waals surface area contributed by atoms with Gasteiger partial charge in [-0.05, 0) is 42.0 Å². The van der Waals surface area contributed by atoms with E-state index in [1.54, 1.807) is 4.52 Å². The van der Waals surface area contributed by atoms with E-state index in [9.17, 15) is 0 Å². The zero-order chi connectivity index (χ0) is 20.8. The average Bonchev–Trinajstić information content (AvgIpc) is 3.45. The molecular formula is C23H16ClN5O2. The highest BCUT2D eigenvalue weighted by Gasteiger charge is 2.17. The number of hydrogen-bond acceptors (Lipinski definition) is 6. The predicted octanol–water partition coefficient (Wildman–Crippen LogP) is 4.94. The van der Waals surface area contributed by atoms with E-state index < -0.39 is 0 Å². The van der Waals surface area contributed by atoms with Gasteiger partial charge < -0.3 is 14.8 Å². The molecule has 0 unspecified atom stereocenters. The smallest absolute Gasteiger partial charge is 0.231 e. The summed E-state index contributed by atoms with van der Waals surface area (Å²) in [6.07, 6.45) is 0. The molecule has 0 saturated carbocycles. The molecule has 0 spiro atoms. The zero-order valence-electron chi connectivity index (χ0n) is 16.2. The van der Waals surface area contributed by atoms with E-state index in [0.29, 0.717) is 22.9 Å². The van der Waals surface area contributed by atoms with Crippen molar-refractivity contribution in [2.24, 2.45) is 0 Å². The van der Waals surface area contributed by atoms with Crippen LogP contribution in [0.3, 0.4) is 0 Å². The van der Waals surface area contributed by atoms with Crippen molar-refractivity contribution in [1.29, 1.82) is 0 Å². The van der Waals surface area contributed by atoms with Gasteiger partial charge in [0.05, 0.1) is 5.52 Å². The monoisotopic (exact) mass is 429 g/mol. The number of hydrogen-bond donors (Lipinski definition) is 1. The molecule has 3 aromatic carbocycles. The molecule has 7 nitrogen and oxygen atoms in total. The maximum absolute atomic E-state index is 6.05. The van der Waals surface area contributed by atoms with Crippen molar-refractivity contribution in [3.05, 3.63) is 77.3 Å². The number of fused-ring (bicyclic) bond motifs is 4. The van der Waals surface area contributed by atoms with Crippen LogP contribution in [0.1, 0.15) is 5.56 Å². The molecule has 5 aromatic rings. The molecule has 0 saturated heterocycles. The highest BCUT2D eigenvalue weighted by molar-refractivity contribution is 6.30. The number of halogens is 1. The van der Waals surface area contributed by atoms with Gasteiger partial charge in [-0.15, -0.1) is 5.10 Å². The minimum atomic E-state index is 0.261. The highest BCUT2D eigenvalue weighted by atomic mass is 35.5. The van der Waals surface area contributed by atoms with Gasteiger partial charge in [0.2, 0.25) is 6.79 Å². The number of benzene rings is 3. The Morgan fingerprint density at radius 1 is 0.968 bits per heavy atom. The van der Waals surface area contributed by atoms with Crippen LogP contribution in [0.4, 0.5) is 5.82 Å². The summed E-state index contributed by atoms with van der Waals surface area (Å²) in [6.45, 7) is 0.846. The number of ether oxygens (including phenoxy) is 2. The van der Waals surface area contributed by atoms with Crippen molar-refractivity contribution < 1.29 is 9.47 Å². The first kappa shape index (κ1) is 18.0. The summed E-state index contributed by atoms with van der Waals surface area (Å²) in [7, 11) is 0. The van der Waals surface area contributed by atoms with Gasteiger partial charge in [0.1, 0.15) is 11.5 Å². The summed E-state index contributed by atoms with van der Waals surface area (Å²) >= 11 is 6.05. The molecule has 0 aliphatic carbocycles. The molecule has 0 bridgehead atoms. The molecule has 2 aromatic heterocycles. The van der Waals surface area contributed by atoms with Gasteiger partial charge in [0.15, 0.2) is 17.1 Å². The molecule has 0 atom stereocenters. The second-order valence-corrected chi connectivity index (χ2v) is 7.64. The van der Waals surface area contributed by atoms with Gasteiger partial charge in [0, 0.05) is 22.5 Å². The van der Waals surface area contributed by atoms with Crippen LogP contribution >= 0.6 is 11.6 Å². The Hall–Kier alpha value is -3.84. The molecule has 31 heavy (non-hydrogen) atoms. The molecule has 3 heterocycles. The van der Waals surface area contributed by atoms with Crippen molar-refractivity contribution in [2.75, 3.05) is 12.1 Å². The second kappa shape index (κ2) is 7.14. The van der Waals surface area contributed by atoms with Gasteiger partial charge in [-0.25, -0.2) is 4.98 Å². The van der Waals surface area contributed by atoms with Gasteiger partial charge >= 0.3 is 0 Å². The van der Waals surface area contributed by atoms with E-state index in [1.165, 1.54) is 0 Å². The van der Waals surface area contributed by atoms with Crippen LogP contribution in [0, 0.1) is 0 Å². The first-order valence-corrected chi connectivity index (χ1v) is 10.2. The lowest BCUT2D eigenvalue weighted by Crippen LogP contribution is -2.05. The molecule has 1 aliphatic heterocycles. The second-order valence-electron chi connectivity index (χ2n) is 7.20. The SMILES string of the molecule is Clc1ccc(-c2nnn3c2nc(NCc2ccc4c(c2)OCO4)c2ccccc23)cc1. The Bertz CT molecular complexity index is 1430. The molecule has 0 fully saturated rings. The summed E-state index contributed by atoms with van der Waals surface area (Å²) in [5.74, 6) is 2.29. The van der Waals surface area contributed by atoms with E-state index in [1.807, 2.05) is 66.7 Å². The van der Waals surface area contributed by atoms with Gasteiger partial charge in [-0.3, -0.25) is 0 Å². The number of para-hydroxylation sites is 1. The summed E-state index contributed by atoms with van der Waals surface area (Å²) in [5.41, 5.74) is 4.28. The molecule has 0 radical (unpaired) electrons. The van der Waals surface area contributed by atoms with Crippen LogP contribution in [0.2, 0.25) is 5.02 Å². The molecular weight excluding hydrogens is 414 g/mol. The fourth-order valence-electron chi connectivity index (χ4n) is 3.73. The Morgan fingerprint density at radius 3 is 2.71 bits per heavy atom. The summed E-state index contributed by atoms with van der Waals surface area (Å²) in [6, 6.07) is 21.4. The lowest BCUT2D eigenvalue weighted by atomic mass is 10.1. The van der Waals surface area contributed by atoms with E-state index in [0.717, 1.165) is 39.3 Å². The van der Waals surface area contributed by atoms with Crippen molar-refractivity contribution in [3.8, 4) is 22.8 Å². The van der Waals surface area contributed by atoms with E-state index in [-0.39, 0.29) is 6.79 Å². The third kappa shape index (κ3) is 3.10. The topological polar surface area (TPSA) is 73.6 Å². The Balaban J connectivity index is 1.43. The third-order valence-electron chi connectivity index (χ3n) is 5.27. The van der Waals surface area contributed by atoms with Crippen molar-refractivity contribution in [1.82, 2.24) is 19.8 Å². The van der Waals surface area contributed by atoms with Crippen molar-refractivity contribution in [3.63, 3.8) is 0 Å². The lowest BCUT2D eigenvalue weighted by molar-refractivity contribution is 0.174.